The smallest absolute Gasteiger partial charge is 0.234 e. The quantitative estimate of drug-likeness (QED) is 0.746. The Hall–Kier alpha value is -1.39. The predicted octanol–water partition coefficient (Wildman–Crippen LogP) is 1.41. The number of piperidine rings is 1. The third-order valence-electron chi connectivity index (χ3n) is 4.11. The number of benzene rings is 1. The topological polar surface area (TPSA) is 58.4 Å². The van der Waals surface area contributed by atoms with Gasteiger partial charge in [-0.1, -0.05) is 30.3 Å². The molecular weight excluding hydrogens is 262 g/mol. The summed E-state index contributed by atoms with van der Waals surface area (Å²) in [4.78, 5) is 14.2. The SMILES string of the molecule is NCC1CCCN(CC(=O)NCCCc2ccccc2)C1. The second kappa shape index (κ2) is 8.80. The van der Waals surface area contributed by atoms with E-state index in [0.717, 1.165) is 45.4 Å². The van der Waals surface area contributed by atoms with Gasteiger partial charge in [-0.2, -0.15) is 0 Å². The lowest BCUT2D eigenvalue weighted by atomic mass is 9.98. The zero-order valence-electron chi connectivity index (χ0n) is 12.8. The third kappa shape index (κ3) is 5.86. The van der Waals surface area contributed by atoms with Gasteiger partial charge in [0.2, 0.25) is 5.91 Å². The number of nitrogens with zero attached hydrogens (tertiary/aromatic N) is 1. The molecule has 1 amide bonds. The molecule has 0 saturated carbocycles. The molecule has 0 spiro atoms. The largest absolute Gasteiger partial charge is 0.355 e. The number of hydrogen-bond acceptors (Lipinski definition) is 3. The molecule has 3 N–H and O–H groups in total. The van der Waals surface area contributed by atoms with Gasteiger partial charge in [0.15, 0.2) is 0 Å². The first-order chi connectivity index (χ1) is 10.3. The number of carbonyl (C=O) groups is 1. The van der Waals surface area contributed by atoms with Crippen LogP contribution in [0.3, 0.4) is 0 Å². The molecule has 1 atom stereocenters. The lowest BCUT2D eigenvalue weighted by molar-refractivity contribution is -0.122. The molecular formula is C17H27N3O. The van der Waals surface area contributed by atoms with E-state index in [-0.39, 0.29) is 5.91 Å². The number of aryl methyl sites for hydroxylation is 1. The molecule has 1 fully saturated rings. The third-order valence-corrected chi connectivity index (χ3v) is 4.11. The van der Waals surface area contributed by atoms with Crippen molar-refractivity contribution in [2.45, 2.75) is 25.7 Å². The van der Waals surface area contributed by atoms with E-state index >= 15 is 0 Å². The Labute approximate surface area is 127 Å². The normalized spacial score (nSPS) is 19.4. The van der Waals surface area contributed by atoms with Crippen LogP contribution in [0.4, 0.5) is 0 Å². The van der Waals surface area contributed by atoms with Gasteiger partial charge in [-0.15, -0.1) is 0 Å². The lowest BCUT2D eigenvalue weighted by Gasteiger charge is -2.31. The first-order valence-electron chi connectivity index (χ1n) is 8.01. The Kier molecular flexibility index (Phi) is 6.70. The fourth-order valence-corrected chi connectivity index (χ4v) is 2.91. The molecule has 2 rings (SSSR count). The number of nitrogens with two attached hydrogens (primary N) is 1. The van der Waals surface area contributed by atoms with E-state index < -0.39 is 0 Å². The fraction of sp³-hybridized carbons (Fsp3) is 0.588. The summed E-state index contributed by atoms with van der Waals surface area (Å²) in [6.45, 7) is 3.99. The average molecular weight is 289 g/mol. The number of carbonyl (C=O) groups excluding carboxylic acids is 1. The van der Waals surface area contributed by atoms with E-state index in [1.54, 1.807) is 0 Å². The molecule has 0 aliphatic carbocycles. The maximum atomic E-state index is 11.9. The summed E-state index contributed by atoms with van der Waals surface area (Å²) < 4.78 is 0. The summed E-state index contributed by atoms with van der Waals surface area (Å²) in [6.07, 6.45) is 4.36. The first-order valence-corrected chi connectivity index (χ1v) is 8.01. The molecule has 1 unspecified atom stereocenters. The molecule has 1 saturated heterocycles. The predicted molar refractivity (Wildman–Crippen MR) is 86.0 cm³/mol. The van der Waals surface area contributed by atoms with Crippen molar-refractivity contribution in [1.82, 2.24) is 10.2 Å². The van der Waals surface area contributed by atoms with Gasteiger partial charge in [0.05, 0.1) is 6.54 Å². The Morgan fingerprint density at radius 3 is 2.90 bits per heavy atom. The number of rotatable bonds is 7. The number of amides is 1. The van der Waals surface area contributed by atoms with E-state index in [0.29, 0.717) is 12.5 Å². The summed E-state index contributed by atoms with van der Waals surface area (Å²) in [7, 11) is 0. The van der Waals surface area contributed by atoms with Gasteiger partial charge < -0.3 is 11.1 Å². The van der Waals surface area contributed by atoms with Crippen molar-refractivity contribution in [2.75, 3.05) is 32.7 Å². The van der Waals surface area contributed by atoms with E-state index in [1.165, 1.54) is 12.0 Å². The van der Waals surface area contributed by atoms with Gasteiger partial charge >= 0.3 is 0 Å². The Bertz CT molecular complexity index is 421. The van der Waals surface area contributed by atoms with Crippen molar-refractivity contribution in [3.05, 3.63) is 35.9 Å². The monoisotopic (exact) mass is 289 g/mol. The van der Waals surface area contributed by atoms with E-state index in [2.05, 4.69) is 34.5 Å². The minimum atomic E-state index is 0.140. The molecule has 1 aromatic rings. The maximum Gasteiger partial charge on any atom is 0.234 e. The molecule has 116 valence electrons. The van der Waals surface area contributed by atoms with Crippen LogP contribution in [0.5, 0.6) is 0 Å². The summed E-state index contributed by atoms with van der Waals surface area (Å²) in [5.74, 6) is 0.699. The number of nitrogens with one attached hydrogen (secondary N) is 1. The minimum absolute atomic E-state index is 0.140. The van der Waals surface area contributed by atoms with E-state index in [4.69, 9.17) is 5.73 Å². The maximum absolute atomic E-state index is 11.9. The highest BCUT2D eigenvalue weighted by Crippen LogP contribution is 2.14. The van der Waals surface area contributed by atoms with Crippen LogP contribution in [-0.2, 0) is 11.2 Å². The van der Waals surface area contributed by atoms with Crippen LogP contribution >= 0.6 is 0 Å². The summed E-state index contributed by atoms with van der Waals surface area (Å²) in [6, 6.07) is 10.4. The zero-order valence-corrected chi connectivity index (χ0v) is 12.8. The molecule has 1 aliphatic rings. The minimum Gasteiger partial charge on any atom is -0.355 e. The van der Waals surface area contributed by atoms with Crippen LogP contribution in [-0.4, -0.2) is 43.5 Å². The van der Waals surface area contributed by atoms with Crippen LogP contribution in [0.25, 0.3) is 0 Å². The highest BCUT2D eigenvalue weighted by Gasteiger charge is 2.20. The van der Waals surface area contributed by atoms with Crippen LogP contribution < -0.4 is 11.1 Å². The van der Waals surface area contributed by atoms with Crippen molar-refractivity contribution in [1.29, 1.82) is 0 Å². The van der Waals surface area contributed by atoms with Crippen LogP contribution in [0.1, 0.15) is 24.8 Å². The average Bonchev–Trinajstić information content (AvgIpc) is 2.53. The van der Waals surface area contributed by atoms with Crippen molar-refractivity contribution in [3.8, 4) is 0 Å². The molecule has 0 radical (unpaired) electrons. The molecule has 4 nitrogen and oxygen atoms in total. The van der Waals surface area contributed by atoms with Gasteiger partial charge in [0.1, 0.15) is 0 Å². The highest BCUT2D eigenvalue weighted by molar-refractivity contribution is 5.77. The van der Waals surface area contributed by atoms with Crippen molar-refractivity contribution >= 4 is 5.91 Å². The standard InChI is InChI=1S/C17H27N3O/c18-12-16-9-5-11-20(13-16)14-17(21)19-10-4-8-15-6-2-1-3-7-15/h1-3,6-7,16H,4-5,8-14,18H2,(H,19,21). The van der Waals surface area contributed by atoms with E-state index in [9.17, 15) is 4.79 Å². The van der Waals surface area contributed by atoms with Crippen LogP contribution in [0, 0.1) is 5.92 Å². The Morgan fingerprint density at radius 2 is 2.14 bits per heavy atom. The van der Waals surface area contributed by atoms with Gasteiger partial charge in [-0.25, -0.2) is 0 Å². The molecule has 4 heteroatoms. The summed E-state index contributed by atoms with van der Waals surface area (Å²) in [5, 5.41) is 3.02. The van der Waals surface area contributed by atoms with Gasteiger partial charge in [-0.3, -0.25) is 9.69 Å². The van der Waals surface area contributed by atoms with Gasteiger partial charge in [-0.05, 0) is 50.3 Å². The molecule has 0 aromatic heterocycles. The fourth-order valence-electron chi connectivity index (χ4n) is 2.91. The summed E-state index contributed by atoms with van der Waals surface area (Å²) in [5.41, 5.74) is 7.05. The second-order valence-electron chi connectivity index (χ2n) is 5.92. The Balaban J connectivity index is 1.59. The molecule has 0 bridgehead atoms. The molecule has 1 aromatic carbocycles. The van der Waals surface area contributed by atoms with Gasteiger partial charge in [0.25, 0.3) is 0 Å². The van der Waals surface area contributed by atoms with Gasteiger partial charge in [0, 0.05) is 13.1 Å². The first kappa shape index (κ1) is 16.0. The molecule has 1 aliphatic heterocycles. The van der Waals surface area contributed by atoms with Crippen molar-refractivity contribution in [3.63, 3.8) is 0 Å². The second-order valence-corrected chi connectivity index (χ2v) is 5.92. The molecule has 21 heavy (non-hydrogen) atoms. The lowest BCUT2D eigenvalue weighted by Crippen LogP contribution is -2.44. The number of likely N-dealkylation sites (tertiary alicyclic amines) is 1. The van der Waals surface area contributed by atoms with E-state index in [1.807, 2.05) is 6.07 Å². The Morgan fingerprint density at radius 1 is 1.33 bits per heavy atom. The van der Waals surface area contributed by atoms with Crippen LogP contribution in [0.2, 0.25) is 0 Å². The zero-order chi connectivity index (χ0) is 14.9. The summed E-state index contributed by atoms with van der Waals surface area (Å²) >= 11 is 0. The van der Waals surface area contributed by atoms with Crippen molar-refractivity contribution < 1.29 is 4.79 Å². The number of hydrogen-bond donors (Lipinski definition) is 2. The van der Waals surface area contributed by atoms with Crippen LogP contribution in [0.15, 0.2) is 30.3 Å². The molecule has 1 heterocycles. The highest BCUT2D eigenvalue weighted by atomic mass is 16.2. The van der Waals surface area contributed by atoms with Crippen molar-refractivity contribution in [2.24, 2.45) is 11.7 Å².